The van der Waals surface area contributed by atoms with Crippen LogP contribution in [0.5, 0.6) is 0 Å². The Balaban J connectivity index is 1.68. The Labute approximate surface area is 173 Å². The average Bonchev–Trinajstić information content (AvgIpc) is 3.33. The Morgan fingerprint density at radius 2 is 1.97 bits per heavy atom. The fourth-order valence-corrected chi connectivity index (χ4v) is 3.40. The number of hydrogen-bond acceptors (Lipinski definition) is 6. The van der Waals surface area contributed by atoms with Gasteiger partial charge >= 0.3 is 0 Å². The molecule has 1 aliphatic heterocycles. The molecule has 0 atom stereocenters. The highest BCUT2D eigenvalue weighted by Gasteiger charge is 2.28. The van der Waals surface area contributed by atoms with Gasteiger partial charge in [0.2, 0.25) is 5.82 Å². The van der Waals surface area contributed by atoms with E-state index in [0.717, 1.165) is 23.5 Å². The number of nitriles is 1. The van der Waals surface area contributed by atoms with E-state index in [0.29, 0.717) is 35.2 Å². The summed E-state index contributed by atoms with van der Waals surface area (Å²) >= 11 is 6.38. The zero-order chi connectivity index (χ0) is 20.2. The van der Waals surface area contributed by atoms with E-state index in [1.807, 2.05) is 48.5 Å². The van der Waals surface area contributed by atoms with Crippen LogP contribution in [0, 0.1) is 11.3 Å². The minimum Gasteiger partial charge on any atom is -0.371 e. The van der Waals surface area contributed by atoms with Crippen LogP contribution in [0.25, 0.3) is 0 Å². The van der Waals surface area contributed by atoms with E-state index in [-0.39, 0.29) is 0 Å². The highest BCUT2D eigenvalue weighted by Crippen LogP contribution is 2.25. The Kier molecular flexibility index (Phi) is 5.36. The fourth-order valence-electron chi connectivity index (χ4n) is 3.17. The highest BCUT2D eigenvalue weighted by atomic mass is 35.5. The second kappa shape index (κ2) is 8.25. The number of aliphatic imine (C=N–C) groups is 1. The first-order valence-electron chi connectivity index (χ1n) is 9.26. The van der Waals surface area contributed by atoms with Crippen molar-refractivity contribution in [3.05, 3.63) is 71.3 Å². The zero-order valence-electron chi connectivity index (χ0n) is 15.8. The summed E-state index contributed by atoms with van der Waals surface area (Å²) in [6, 6.07) is 17.6. The fraction of sp³-hybridized carbons (Fsp3) is 0.190. The molecule has 0 radical (unpaired) electrons. The van der Waals surface area contributed by atoms with Crippen molar-refractivity contribution in [2.45, 2.75) is 13.3 Å². The highest BCUT2D eigenvalue weighted by molar-refractivity contribution is 6.56. The summed E-state index contributed by atoms with van der Waals surface area (Å²) in [7, 11) is 0. The van der Waals surface area contributed by atoms with E-state index in [4.69, 9.17) is 21.9 Å². The van der Waals surface area contributed by atoms with Crippen molar-refractivity contribution in [1.82, 2.24) is 14.9 Å². The Hall–Kier alpha value is -3.50. The maximum Gasteiger partial charge on any atom is 0.204 e. The Morgan fingerprint density at radius 3 is 2.69 bits per heavy atom. The first-order valence-corrected chi connectivity index (χ1v) is 9.64. The molecule has 0 fully saturated rings. The molecular weight excluding hydrogens is 386 g/mol. The van der Waals surface area contributed by atoms with Crippen molar-refractivity contribution in [3.63, 3.8) is 0 Å². The lowest BCUT2D eigenvalue weighted by Gasteiger charge is -2.21. The van der Waals surface area contributed by atoms with Crippen molar-refractivity contribution in [2.24, 2.45) is 10.1 Å². The molecule has 0 spiro atoms. The van der Waals surface area contributed by atoms with Gasteiger partial charge in [-0.2, -0.15) is 5.26 Å². The lowest BCUT2D eigenvalue weighted by molar-refractivity contribution is 0.745. The molecule has 0 saturated heterocycles. The molecule has 7 nitrogen and oxygen atoms in total. The van der Waals surface area contributed by atoms with E-state index >= 15 is 0 Å². The van der Waals surface area contributed by atoms with Gasteiger partial charge in [-0.3, -0.25) is 0 Å². The van der Waals surface area contributed by atoms with Crippen LogP contribution in [-0.4, -0.2) is 39.4 Å². The van der Waals surface area contributed by atoms with Gasteiger partial charge in [0.05, 0.1) is 23.2 Å². The van der Waals surface area contributed by atoms with Crippen LogP contribution < -0.4 is 4.90 Å². The Morgan fingerprint density at radius 1 is 1.17 bits per heavy atom. The minimum absolute atomic E-state index is 0.491. The third-order valence-corrected chi connectivity index (χ3v) is 4.95. The van der Waals surface area contributed by atoms with E-state index in [2.05, 4.69) is 33.1 Å². The number of nitrogens with zero attached hydrogens (tertiary/aromatic N) is 7. The number of hydrogen-bond donors (Lipinski definition) is 0. The summed E-state index contributed by atoms with van der Waals surface area (Å²) in [5.74, 6) is 0.577. The molecule has 0 unspecified atom stereocenters. The molecule has 3 aromatic rings. The van der Waals surface area contributed by atoms with Gasteiger partial charge in [-0.1, -0.05) is 29.8 Å². The van der Waals surface area contributed by atoms with Crippen molar-refractivity contribution in [2.75, 3.05) is 18.0 Å². The van der Waals surface area contributed by atoms with Gasteiger partial charge in [-0.25, -0.2) is 9.98 Å². The summed E-state index contributed by atoms with van der Waals surface area (Å²) in [5.41, 5.74) is 3.88. The molecule has 0 saturated carbocycles. The maximum absolute atomic E-state index is 8.83. The number of benzene rings is 2. The standard InChI is InChI=1S/C21H18ClN7/c1-2-28(13-5-12-23)16-10-8-15(9-11-16)26-20-19(17-6-3-4-7-18(17)22)27-29-21(20)24-14-25-29/h3-4,6-11,14H,2,5,13H2,1H3/b26-20-. The van der Waals surface area contributed by atoms with Crippen LogP contribution >= 0.6 is 11.6 Å². The summed E-state index contributed by atoms with van der Waals surface area (Å²) in [6.07, 6.45) is 1.94. The van der Waals surface area contributed by atoms with Gasteiger partial charge in [0.25, 0.3) is 0 Å². The van der Waals surface area contributed by atoms with Crippen molar-refractivity contribution < 1.29 is 0 Å². The van der Waals surface area contributed by atoms with E-state index in [1.165, 1.54) is 11.1 Å². The SMILES string of the molecule is CCN(CCC#N)c1ccc(/N=C2/C(c3ccccc3Cl)=Nn3ncnc32)cc1. The van der Waals surface area contributed by atoms with Gasteiger partial charge in [-0.05, 0) is 37.3 Å². The summed E-state index contributed by atoms with van der Waals surface area (Å²) in [5, 5.41) is 18.1. The quantitative estimate of drug-likeness (QED) is 0.621. The molecule has 1 aliphatic rings. The number of rotatable bonds is 6. The molecule has 2 heterocycles. The third kappa shape index (κ3) is 3.75. The van der Waals surface area contributed by atoms with Gasteiger partial charge in [0.1, 0.15) is 17.8 Å². The summed E-state index contributed by atoms with van der Waals surface area (Å²) in [6.45, 7) is 3.61. The van der Waals surface area contributed by atoms with E-state index < -0.39 is 0 Å². The lowest BCUT2D eigenvalue weighted by Crippen LogP contribution is -2.23. The molecular formula is C21H18ClN7. The topological polar surface area (TPSA) is 82.5 Å². The molecule has 0 amide bonds. The Bertz CT molecular complexity index is 1120. The molecule has 144 valence electrons. The van der Waals surface area contributed by atoms with Crippen molar-refractivity contribution >= 4 is 34.4 Å². The molecule has 0 bridgehead atoms. The predicted octanol–water partition coefficient (Wildman–Crippen LogP) is 4.06. The van der Waals surface area contributed by atoms with Gasteiger partial charge in [0, 0.05) is 24.3 Å². The molecule has 4 rings (SSSR count). The largest absolute Gasteiger partial charge is 0.371 e. The second-order valence-electron chi connectivity index (χ2n) is 6.37. The first kappa shape index (κ1) is 18.8. The zero-order valence-corrected chi connectivity index (χ0v) is 16.6. The van der Waals surface area contributed by atoms with Crippen LogP contribution in [0.3, 0.4) is 0 Å². The number of anilines is 1. The van der Waals surface area contributed by atoms with Crippen LogP contribution in [0.1, 0.15) is 24.7 Å². The molecule has 0 aliphatic carbocycles. The van der Waals surface area contributed by atoms with Gasteiger partial charge in [0.15, 0.2) is 0 Å². The normalized spacial score (nSPS) is 13.8. The van der Waals surface area contributed by atoms with Gasteiger partial charge in [-0.15, -0.1) is 15.0 Å². The molecule has 8 heteroatoms. The molecule has 1 aromatic heterocycles. The van der Waals surface area contributed by atoms with Crippen LogP contribution in [0.15, 0.2) is 65.0 Å². The maximum atomic E-state index is 8.83. The number of fused-ring (bicyclic) bond motifs is 1. The minimum atomic E-state index is 0.491. The third-order valence-electron chi connectivity index (χ3n) is 4.62. The van der Waals surface area contributed by atoms with Crippen molar-refractivity contribution in [1.29, 1.82) is 5.26 Å². The smallest absolute Gasteiger partial charge is 0.204 e. The predicted molar refractivity (Wildman–Crippen MR) is 114 cm³/mol. The molecule has 0 N–H and O–H groups in total. The van der Waals surface area contributed by atoms with Crippen molar-refractivity contribution in [3.8, 4) is 6.07 Å². The van der Waals surface area contributed by atoms with E-state index in [9.17, 15) is 0 Å². The van der Waals surface area contributed by atoms with E-state index in [1.54, 1.807) is 0 Å². The van der Waals surface area contributed by atoms with Gasteiger partial charge < -0.3 is 4.90 Å². The monoisotopic (exact) mass is 403 g/mol. The number of aromatic nitrogens is 3. The van der Waals surface area contributed by atoms with Crippen LogP contribution in [0.2, 0.25) is 5.02 Å². The lowest BCUT2D eigenvalue weighted by atomic mass is 10.1. The summed E-state index contributed by atoms with van der Waals surface area (Å²) < 4.78 is 0. The number of halogens is 1. The van der Waals surface area contributed by atoms with Crippen LogP contribution in [0.4, 0.5) is 11.4 Å². The molecule has 2 aromatic carbocycles. The second-order valence-corrected chi connectivity index (χ2v) is 6.77. The molecule has 29 heavy (non-hydrogen) atoms. The van der Waals surface area contributed by atoms with Crippen LogP contribution in [-0.2, 0) is 0 Å². The summed E-state index contributed by atoms with van der Waals surface area (Å²) in [4.78, 5) is 12.7. The first-order chi connectivity index (χ1) is 14.2. The average molecular weight is 404 g/mol.